The monoisotopic (exact) mass is 295 g/mol. The zero-order chi connectivity index (χ0) is 15.4. The molecule has 112 valence electrons. The Balaban J connectivity index is 1.65. The van der Waals surface area contributed by atoms with E-state index >= 15 is 0 Å². The van der Waals surface area contributed by atoms with Crippen molar-refractivity contribution in [3.63, 3.8) is 0 Å². The van der Waals surface area contributed by atoms with Crippen LogP contribution < -0.4 is 5.32 Å². The standard InChI is InChI=1S/C19H18FNO/c1-14-10-19(22-13-16-8-5-9-17(20)11-16)18(21-14)12-15-6-3-2-4-7-15/h2-11,18,21H,1,12-13H2/t18-/m0/s1. The van der Waals surface area contributed by atoms with Crippen LogP contribution in [0.5, 0.6) is 0 Å². The van der Waals surface area contributed by atoms with Crippen LogP contribution in [-0.2, 0) is 17.8 Å². The molecule has 1 N–H and O–H groups in total. The van der Waals surface area contributed by atoms with Gasteiger partial charge in [0.1, 0.15) is 18.2 Å². The number of nitrogens with one attached hydrogen (secondary N) is 1. The summed E-state index contributed by atoms with van der Waals surface area (Å²) in [5.41, 5.74) is 2.89. The maximum atomic E-state index is 13.2. The number of hydrogen-bond acceptors (Lipinski definition) is 2. The molecule has 1 aliphatic rings. The summed E-state index contributed by atoms with van der Waals surface area (Å²) in [6, 6.07) is 16.8. The van der Waals surface area contributed by atoms with Crippen molar-refractivity contribution in [3.8, 4) is 0 Å². The number of rotatable bonds is 5. The number of benzene rings is 2. The predicted octanol–water partition coefficient (Wildman–Crippen LogP) is 3.95. The van der Waals surface area contributed by atoms with Crippen molar-refractivity contribution in [1.29, 1.82) is 0 Å². The van der Waals surface area contributed by atoms with E-state index in [2.05, 4.69) is 24.0 Å². The maximum absolute atomic E-state index is 13.2. The van der Waals surface area contributed by atoms with E-state index in [1.54, 1.807) is 6.07 Å². The van der Waals surface area contributed by atoms with E-state index in [1.807, 2.05) is 30.3 Å². The molecule has 22 heavy (non-hydrogen) atoms. The zero-order valence-electron chi connectivity index (χ0n) is 12.3. The van der Waals surface area contributed by atoms with Gasteiger partial charge in [0.15, 0.2) is 0 Å². The third kappa shape index (κ3) is 3.55. The van der Waals surface area contributed by atoms with Gasteiger partial charge < -0.3 is 10.1 Å². The molecule has 0 spiro atoms. The van der Waals surface area contributed by atoms with Gasteiger partial charge in [-0.1, -0.05) is 49.0 Å². The SMILES string of the molecule is C=C1C=C(OCc2cccc(F)c2)[C@H](Cc2ccccc2)N1. The molecular formula is C19H18FNO. The van der Waals surface area contributed by atoms with Crippen LogP contribution in [0.1, 0.15) is 11.1 Å². The Hall–Kier alpha value is -2.55. The molecule has 3 rings (SSSR count). The quantitative estimate of drug-likeness (QED) is 0.901. The summed E-state index contributed by atoms with van der Waals surface area (Å²) in [5, 5.41) is 3.31. The van der Waals surface area contributed by atoms with Crippen LogP contribution in [0.4, 0.5) is 4.39 Å². The lowest BCUT2D eigenvalue weighted by atomic mass is 10.1. The third-order valence-corrected chi connectivity index (χ3v) is 3.60. The largest absolute Gasteiger partial charge is 0.491 e. The number of allylic oxidation sites excluding steroid dienone is 1. The molecule has 2 aromatic rings. The normalized spacial score (nSPS) is 17.0. The van der Waals surface area contributed by atoms with Gasteiger partial charge in [-0.2, -0.15) is 0 Å². The van der Waals surface area contributed by atoms with Crippen molar-refractivity contribution in [1.82, 2.24) is 5.32 Å². The molecule has 0 saturated heterocycles. The Kier molecular flexibility index (Phi) is 4.24. The van der Waals surface area contributed by atoms with E-state index in [4.69, 9.17) is 4.74 Å². The topological polar surface area (TPSA) is 21.3 Å². The van der Waals surface area contributed by atoms with Gasteiger partial charge in [-0.25, -0.2) is 4.39 Å². The molecule has 2 aromatic carbocycles. The smallest absolute Gasteiger partial charge is 0.123 e. The predicted molar refractivity (Wildman–Crippen MR) is 85.5 cm³/mol. The van der Waals surface area contributed by atoms with Gasteiger partial charge in [0.05, 0.1) is 6.04 Å². The summed E-state index contributed by atoms with van der Waals surface area (Å²) >= 11 is 0. The van der Waals surface area contributed by atoms with Crippen LogP contribution in [0.25, 0.3) is 0 Å². The van der Waals surface area contributed by atoms with Crippen LogP contribution in [0.15, 0.2) is 78.7 Å². The van der Waals surface area contributed by atoms with Crippen LogP contribution in [-0.4, -0.2) is 6.04 Å². The molecule has 0 aliphatic carbocycles. The lowest BCUT2D eigenvalue weighted by Crippen LogP contribution is -2.27. The Morgan fingerprint density at radius 3 is 2.59 bits per heavy atom. The molecule has 0 saturated carbocycles. The summed E-state index contributed by atoms with van der Waals surface area (Å²) < 4.78 is 19.1. The van der Waals surface area contributed by atoms with Gasteiger partial charge in [0.2, 0.25) is 0 Å². The number of hydrogen-bond donors (Lipinski definition) is 1. The first kappa shape index (κ1) is 14.4. The number of halogens is 1. The second-order valence-electron chi connectivity index (χ2n) is 5.38. The Morgan fingerprint density at radius 2 is 1.82 bits per heavy atom. The summed E-state index contributed by atoms with van der Waals surface area (Å²) in [6.07, 6.45) is 2.74. The molecule has 0 unspecified atom stereocenters. The van der Waals surface area contributed by atoms with Gasteiger partial charge in [0, 0.05) is 11.8 Å². The van der Waals surface area contributed by atoms with Crippen molar-refractivity contribution in [3.05, 3.63) is 95.7 Å². The van der Waals surface area contributed by atoms with E-state index in [0.717, 1.165) is 23.4 Å². The van der Waals surface area contributed by atoms with Gasteiger partial charge in [-0.15, -0.1) is 0 Å². The molecule has 0 aromatic heterocycles. The lowest BCUT2D eigenvalue weighted by Gasteiger charge is -2.17. The van der Waals surface area contributed by atoms with Crippen molar-refractivity contribution in [2.75, 3.05) is 0 Å². The number of ether oxygens (including phenoxy) is 1. The van der Waals surface area contributed by atoms with Gasteiger partial charge >= 0.3 is 0 Å². The first-order chi connectivity index (χ1) is 10.7. The van der Waals surface area contributed by atoms with E-state index in [9.17, 15) is 4.39 Å². The van der Waals surface area contributed by atoms with Crippen LogP contribution >= 0.6 is 0 Å². The van der Waals surface area contributed by atoms with E-state index in [-0.39, 0.29) is 11.9 Å². The summed E-state index contributed by atoms with van der Waals surface area (Å²) in [7, 11) is 0. The lowest BCUT2D eigenvalue weighted by molar-refractivity contribution is 0.180. The summed E-state index contributed by atoms with van der Waals surface area (Å²) in [6.45, 7) is 4.29. The average molecular weight is 295 g/mol. The highest BCUT2D eigenvalue weighted by atomic mass is 19.1. The fraction of sp³-hybridized carbons (Fsp3) is 0.158. The zero-order valence-corrected chi connectivity index (χ0v) is 12.3. The van der Waals surface area contributed by atoms with Gasteiger partial charge in [-0.05, 0) is 29.7 Å². The van der Waals surface area contributed by atoms with Gasteiger partial charge in [-0.3, -0.25) is 0 Å². The van der Waals surface area contributed by atoms with Crippen molar-refractivity contribution in [2.45, 2.75) is 19.1 Å². The molecule has 1 atom stereocenters. The first-order valence-corrected chi connectivity index (χ1v) is 7.29. The van der Waals surface area contributed by atoms with E-state index < -0.39 is 0 Å². The Bertz CT molecular complexity index is 694. The van der Waals surface area contributed by atoms with E-state index in [0.29, 0.717) is 6.61 Å². The molecule has 1 aliphatic heterocycles. The summed E-state index contributed by atoms with van der Waals surface area (Å²) in [5.74, 6) is 0.600. The minimum absolute atomic E-state index is 0.0726. The van der Waals surface area contributed by atoms with Crippen LogP contribution in [0, 0.1) is 5.82 Å². The van der Waals surface area contributed by atoms with Crippen molar-refractivity contribution < 1.29 is 9.13 Å². The second-order valence-corrected chi connectivity index (χ2v) is 5.38. The van der Waals surface area contributed by atoms with E-state index in [1.165, 1.54) is 17.7 Å². The minimum atomic E-state index is -0.245. The molecule has 0 bridgehead atoms. The maximum Gasteiger partial charge on any atom is 0.123 e. The van der Waals surface area contributed by atoms with Gasteiger partial charge in [0.25, 0.3) is 0 Å². The van der Waals surface area contributed by atoms with Crippen LogP contribution in [0.2, 0.25) is 0 Å². The fourth-order valence-electron chi connectivity index (χ4n) is 2.55. The minimum Gasteiger partial charge on any atom is -0.491 e. The molecule has 0 amide bonds. The molecule has 1 heterocycles. The van der Waals surface area contributed by atoms with Crippen LogP contribution in [0.3, 0.4) is 0 Å². The highest BCUT2D eigenvalue weighted by Gasteiger charge is 2.22. The second kappa shape index (κ2) is 6.48. The van der Waals surface area contributed by atoms with Crippen molar-refractivity contribution in [2.24, 2.45) is 0 Å². The third-order valence-electron chi connectivity index (χ3n) is 3.60. The molecule has 2 nitrogen and oxygen atoms in total. The fourth-order valence-corrected chi connectivity index (χ4v) is 2.55. The highest BCUT2D eigenvalue weighted by Crippen LogP contribution is 2.21. The molecule has 0 radical (unpaired) electrons. The summed E-state index contributed by atoms with van der Waals surface area (Å²) in [4.78, 5) is 0. The average Bonchev–Trinajstić information content (AvgIpc) is 2.86. The first-order valence-electron chi connectivity index (χ1n) is 7.29. The molecular weight excluding hydrogens is 277 g/mol. The highest BCUT2D eigenvalue weighted by molar-refractivity contribution is 5.31. The Morgan fingerprint density at radius 1 is 1.05 bits per heavy atom. The van der Waals surface area contributed by atoms with Crippen molar-refractivity contribution >= 4 is 0 Å². The Labute approximate surface area is 129 Å². The molecule has 3 heteroatoms. The molecule has 0 fully saturated rings.